The number of halogens is 2. The highest BCUT2D eigenvalue weighted by Gasteiger charge is 2.04. The van der Waals surface area contributed by atoms with Crippen LogP contribution in [-0.4, -0.2) is 7.11 Å². The molecule has 0 aliphatic carbocycles. The molecule has 0 saturated carbocycles. The molecule has 0 unspecified atom stereocenters. The van der Waals surface area contributed by atoms with Gasteiger partial charge >= 0.3 is 0 Å². The van der Waals surface area contributed by atoms with Crippen molar-refractivity contribution in [3.05, 3.63) is 58.3 Å². The minimum atomic E-state index is -0.222. The Hall–Kier alpha value is -1.00. The van der Waals surface area contributed by atoms with Gasteiger partial charge in [-0.1, -0.05) is 28.1 Å². The summed E-state index contributed by atoms with van der Waals surface area (Å²) in [5.74, 6) is 1.33. The van der Waals surface area contributed by atoms with Crippen LogP contribution in [0.4, 0.5) is 4.39 Å². The smallest absolute Gasteiger partial charge is 0.132 e. The molecule has 2 aromatic carbocycles. The van der Waals surface area contributed by atoms with Crippen LogP contribution >= 0.6 is 27.7 Å². The Bertz CT molecular complexity index is 525. The third-order valence-electron chi connectivity index (χ3n) is 2.39. The van der Waals surface area contributed by atoms with Crippen LogP contribution < -0.4 is 4.74 Å². The first-order valence-electron chi connectivity index (χ1n) is 5.40. The van der Waals surface area contributed by atoms with Crippen molar-refractivity contribution in [1.29, 1.82) is 0 Å². The number of hydrogen-bond donors (Lipinski definition) is 0. The van der Waals surface area contributed by atoms with E-state index < -0.39 is 0 Å². The standard InChI is InChI=1S/C14H12BrFOS/c1-17-13-4-2-3-5-14(13)18-9-10-6-11(15)8-12(16)7-10/h2-8H,9H2,1H3. The summed E-state index contributed by atoms with van der Waals surface area (Å²) in [5.41, 5.74) is 0.942. The van der Waals surface area contributed by atoms with Gasteiger partial charge in [-0.3, -0.25) is 0 Å². The Morgan fingerprint density at radius 1 is 1.22 bits per heavy atom. The Morgan fingerprint density at radius 2 is 2.00 bits per heavy atom. The first-order valence-corrected chi connectivity index (χ1v) is 7.17. The van der Waals surface area contributed by atoms with E-state index in [0.29, 0.717) is 5.75 Å². The van der Waals surface area contributed by atoms with Crippen molar-refractivity contribution >= 4 is 27.7 Å². The lowest BCUT2D eigenvalue weighted by atomic mass is 10.2. The second kappa shape index (κ2) is 6.25. The fourth-order valence-electron chi connectivity index (χ4n) is 1.59. The van der Waals surface area contributed by atoms with Crippen LogP contribution in [0.5, 0.6) is 5.75 Å². The Kier molecular flexibility index (Phi) is 4.66. The van der Waals surface area contributed by atoms with Gasteiger partial charge in [0.25, 0.3) is 0 Å². The van der Waals surface area contributed by atoms with Gasteiger partial charge in [-0.25, -0.2) is 4.39 Å². The molecule has 2 rings (SSSR count). The predicted octanol–water partition coefficient (Wildman–Crippen LogP) is 4.89. The number of methoxy groups -OCH3 is 1. The second-order valence-electron chi connectivity index (χ2n) is 3.72. The molecule has 4 heteroatoms. The van der Waals surface area contributed by atoms with Crippen LogP contribution in [0.2, 0.25) is 0 Å². The van der Waals surface area contributed by atoms with Crippen molar-refractivity contribution in [3.8, 4) is 5.75 Å². The van der Waals surface area contributed by atoms with Crippen molar-refractivity contribution in [1.82, 2.24) is 0 Å². The molecule has 0 fully saturated rings. The molecule has 0 bridgehead atoms. The fourth-order valence-corrected chi connectivity index (χ4v) is 3.06. The molecule has 0 atom stereocenters. The highest BCUT2D eigenvalue weighted by molar-refractivity contribution is 9.10. The normalized spacial score (nSPS) is 10.4. The summed E-state index contributed by atoms with van der Waals surface area (Å²) < 4.78 is 19.3. The summed E-state index contributed by atoms with van der Waals surface area (Å²) in [7, 11) is 1.65. The highest BCUT2D eigenvalue weighted by Crippen LogP contribution is 2.31. The maximum Gasteiger partial charge on any atom is 0.132 e. The summed E-state index contributed by atoms with van der Waals surface area (Å²) in [6.45, 7) is 0. The molecule has 0 amide bonds. The number of rotatable bonds is 4. The Labute approximate surface area is 118 Å². The largest absolute Gasteiger partial charge is 0.496 e. The van der Waals surface area contributed by atoms with Gasteiger partial charge in [0.1, 0.15) is 11.6 Å². The highest BCUT2D eigenvalue weighted by atomic mass is 79.9. The second-order valence-corrected chi connectivity index (χ2v) is 5.65. The van der Waals surface area contributed by atoms with Gasteiger partial charge in [-0.15, -0.1) is 11.8 Å². The van der Waals surface area contributed by atoms with E-state index in [1.165, 1.54) is 6.07 Å². The lowest BCUT2D eigenvalue weighted by Crippen LogP contribution is -1.87. The number of benzene rings is 2. The molecule has 1 nitrogen and oxygen atoms in total. The molecule has 0 radical (unpaired) electrons. The molecule has 0 heterocycles. The summed E-state index contributed by atoms with van der Waals surface area (Å²) in [5, 5.41) is 0. The van der Waals surface area contributed by atoms with Crippen LogP contribution in [-0.2, 0) is 5.75 Å². The third-order valence-corrected chi connectivity index (χ3v) is 3.97. The van der Waals surface area contributed by atoms with Gasteiger partial charge in [0, 0.05) is 15.1 Å². The number of para-hydroxylation sites is 1. The first kappa shape index (κ1) is 13.4. The van der Waals surface area contributed by atoms with Crippen molar-refractivity contribution in [2.24, 2.45) is 0 Å². The topological polar surface area (TPSA) is 9.23 Å². The van der Waals surface area contributed by atoms with Crippen LogP contribution in [0, 0.1) is 5.82 Å². The lowest BCUT2D eigenvalue weighted by Gasteiger charge is -2.08. The van der Waals surface area contributed by atoms with Crippen LogP contribution in [0.3, 0.4) is 0 Å². The van der Waals surface area contributed by atoms with Gasteiger partial charge < -0.3 is 4.74 Å². The van der Waals surface area contributed by atoms with E-state index in [4.69, 9.17) is 4.74 Å². The van der Waals surface area contributed by atoms with Crippen molar-refractivity contribution < 1.29 is 9.13 Å². The summed E-state index contributed by atoms with van der Waals surface area (Å²) in [4.78, 5) is 1.06. The molecule has 18 heavy (non-hydrogen) atoms. The summed E-state index contributed by atoms with van der Waals surface area (Å²) in [6.07, 6.45) is 0. The molecular formula is C14H12BrFOS. The lowest BCUT2D eigenvalue weighted by molar-refractivity contribution is 0.405. The maximum atomic E-state index is 13.2. The van der Waals surface area contributed by atoms with E-state index >= 15 is 0 Å². The molecule has 94 valence electrons. The summed E-state index contributed by atoms with van der Waals surface area (Å²) >= 11 is 4.92. The molecule has 0 aliphatic rings. The fraction of sp³-hybridized carbons (Fsp3) is 0.143. The molecule has 2 aromatic rings. The Balaban J connectivity index is 2.11. The minimum Gasteiger partial charge on any atom is -0.496 e. The zero-order chi connectivity index (χ0) is 13.0. The van der Waals surface area contributed by atoms with E-state index in [-0.39, 0.29) is 5.82 Å². The quantitative estimate of drug-likeness (QED) is 0.740. The van der Waals surface area contributed by atoms with Crippen LogP contribution in [0.1, 0.15) is 5.56 Å². The van der Waals surface area contributed by atoms with Crippen LogP contribution in [0.25, 0.3) is 0 Å². The number of thioether (sulfide) groups is 1. The minimum absolute atomic E-state index is 0.222. The van der Waals surface area contributed by atoms with Crippen molar-refractivity contribution in [2.75, 3.05) is 7.11 Å². The molecule has 0 spiro atoms. The molecule has 0 aliphatic heterocycles. The number of hydrogen-bond acceptors (Lipinski definition) is 2. The van der Waals surface area contributed by atoms with Crippen molar-refractivity contribution in [2.45, 2.75) is 10.6 Å². The van der Waals surface area contributed by atoms with Gasteiger partial charge in [0.2, 0.25) is 0 Å². The van der Waals surface area contributed by atoms with Gasteiger partial charge in [0.05, 0.1) is 7.11 Å². The third kappa shape index (κ3) is 3.50. The predicted molar refractivity (Wildman–Crippen MR) is 76.7 cm³/mol. The van der Waals surface area contributed by atoms with Crippen LogP contribution in [0.15, 0.2) is 51.8 Å². The van der Waals surface area contributed by atoms with Crippen molar-refractivity contribution in [3.63, 3.8) is 0 Å². The van der Waals surface area contributed by atoms with E-state index in [1.807, 2.05) is 30.3 Å². The average Bonchev–Trinajstić information content (AvgIpc) is 2.35. The molecule has 0 N–H and O–H groups in total. The SMILES string of the molecule is COc1ccccc1SCc1cc(F)cc(Br)c1. The first-order chi connectivity index (χ1) is 8.69. The Morgan fingerprint density at radius 3 is 2.72 bits per heavy atom. The van der Waals surface area contributed by atoms with E-state index in [0.717, 1.165) is 20.7 Å². The average molecular weight is 327 g/mol. The zero-order valence-electron chi connectivity index (χ0n) is 9.82. The van der Waals surface area contributed by atoms with Gasteiger partial charge in [-0.2, -0.15) is 0 Å². The number of ether oxygens (including phenoxy) is 1. The molecular weight excluding hydrogens is 315 g/mol. The van der Waals surface area contributed by atoms with Gasteiger partial charge in [0.15, 0.2) is 0 Å². The summed E-state index contributed by atoms with van der Waals surface area (Å²) in [6, 6.07) is 12.7. The molecule has 0 aromatic heterocycles. The van der Waals surface area contributed by atoms with E-state index in [1.54, 1.807) is 24.9 Å². The monoisotopic (exact) mass is 326 g/mol. The van der Waals surface area contributed by atoms with E-state index in [2.05, 4.69) is 15.9 Å². The maximum absolute atomic E-state index is 13.2. The van der Waals surface area contributed by atoms with Gasteiger partial charge in [-0.05, 0) is 35.9 Å². The van der Waals surface area contributed by atoms with E-state index in [9.17, 15) is 4.39 Å². The molecule has 0 saturated heterocycles. The zero-order valence-corrected chi connectivity index (χ0v) is 12.2.